The largest absolute Gasteiger partial charge is 0.368 e. The number of halogens is 1. The van der Waals surface area contributed by atoms with E-state index in [2.05, 4.69) is 69.1 Å². The van der Waals surface area contributed by atoms with Gasteiger partial charge in [-0.2, -0.15) is 0 Å². The van der Waals surface area contributed by atoms with Crippen molar-refractivity contribution in [1.82, 2.24) is 4.90 Å². The highest BCUT2D eigenvalue weighted by Gasteiger charge is 2.23. The normalized spacial score (nSPS) is 17.3. The van der Waals surface area contributed by atoms with Gasteiger partial charge in [-0.15, -0.1) is 0 Å². The molecule has 0 aromatic heterocycles. The van der Waals surface area contributed by atoms with E-state index in [1.165, 1.54) is 16.7 Å². The summed E-state index contributed by atoms with van der Waals surface area (Å²) in [6.45, 7) is 3.79. The van der Waals surface area contributed by atoms with Crippen molar-refractivity contribution in [3.63, 3.8) is 0 Å². The molecule has 23 heavy (non-hydrogen) atoms. The zero-order chi connectivity index (χ0) is 16.2. The molecular formula is C19H21BrN2O. The van der Waals surface area contributed by atoms with Crippen molar-refractivity contribution >= 4 is 28.0 Å². The van der Waals surface area contributed by atoms with Crippen LogP contribution in [0.2, 0.25) is 0 Å². The predicted octanol–water partition coefficient (Wildman–Crippen LogP) is 4.72. The fourth-order valence-corrected chi connectivity index (χ4v) is 3.17. The van der Waals surface area contributed by atoms with Gasteiger partial charge in [-0.3, -0.25) is 0 Å². The van der Waals surface area contributed by atoms with Crippen molar-refractivity contribution < 1.29 is 4.74 Å². The van der Waals surface area contributed by atoms with Gasteiger partial charge in [0.05, 0.1) is 18.6 Å². The lowest BCUT2D eigenvalue weighted by Crippen LogP contribution is -2.17. The number of benzene rings is 2. The molecule has 1 aliphatic heterocycles. The third kappa shape index (κ3) is 3.65. The monoisotopic (exact) mass is 372 g/mol. The van der Waals surface area contributed by atoms with Crippen molar-refractivity contribution in [3.8, 4) is 0 Å². The first-order valence-electron chi connectivity index (χ1n) is 7.92. The zero-order valence-electron chi connectivity index (χ0n) is 13.5. The molecule has 0 N–H and O–H groups in total. The van der Waals surface area contributed by atoms with Crippen LogP contribution in [-0.2, 0) is 11.2 Å². The molecular weight excluding hydrogens is 352 g/mol. The van der Waals surface area contributed by atoms with Gasteiger partial charge in [-0.1, -0.05) is 30.3 Å². The summed E-state index contributed by atoms with van der Waals surface area (Å²) in [7, 11) is 2.02. The van der Waals surface area contributed by atoms with E-state index in [4.69, 9.17) is 4.74 Å². The molecule has 0 fully saturated rings. The fraction of sp³-hybridized carbons (Fsp3) is 0.316. The number of hydrogen-bond acceptors (Lipinski definition) is 2. The maximum absolute atomic E-state index is 6.03. The molecule has 0 amide bonds. The van der Waals surface area contributed by atoms with E-state index in [0.29, 0.717) is 0 Å². The highest BCUT2D eigenvalue weighted by atomic mass is 79.9. The maximum atomic E-state index is 6.03. The standard InChI is InChI=1S/C19H21BrN2O/c1-3-22(2)13-21-18-11-15-9-10-23-19(16(15)12-17(18)20)14-7-5-4-6-8-14/h4-8,11-13,19H,3,9-10H2,1-2H3. The molecule has 3 nitrogen and oxygen atoms in total. The van der Waals surface area contributed by atoms with Gasteiger partial charge in [0.25, 0.3) is 0 Å². The van der Waals surface area contributed by atoms with E-state index in [1.807, 2.05) is 19.5 Å². The molecule has 0 spiro atoms. The van der Waals surface area contributed by atoms with Crippen molar-refractivity contribution in [2.45, 2.75) is 19.4 Å². The second-order valence-electron chi connectivity index (χ2n) is 5.73. The summed E-state index contributed by atoms with van der Waals surface area (Å²) >= 11 is 3.66. The maximum Gasteiger partial charge on any atom is 0.108 e. The molecule has 0 saturated heterocycles. The van der Waals surface area contributed by atoms with Crippen LogP contribution in [0.1, 0.15) is 29.7 Å². The minimum atomic E-state index is 0.00703. The van der Waals surface area contributed by atoms with Gasteiger partial charge in [0.1, 0.15) is 6.10 Å². The third-order valence-electron chi connectivity index (χ3n) is 4.14. The Labute approximate surface area is 146 Å². The molecule has 0 bridgehead atoms. The Kier molecular flexibility index (Phi) is 5.13. The minimum Gasteiger partial charge on any atom is -0.368 e. The van der Waals surface area contributed by atoms with Crippen molar-refractivity contribution in [2.24, 2.45) is 4.99 Å². The van der Waals surface area contributed by atoms with Crippen molar-refractivity contribution in [3.05, 3.63) is 63.6 Å². The fourth-order valence-electron chi connectivity index (χ4n) is 2.70. The van der Waals surface area contributed by atoms with Gasteiger partial charge < -0.3 is 9.64 Å². The summed E-state index contributed by atoms with van der Waals surface area (Å²) < 4.78 is 7.04. The number of hydrogen-bond donors (Lipinski definition) is 0. The highest BCUT2D eigenvalue weighted by molar-refractivity contribution is 9.10. The summed E-state index contributed by atoms with van der Waals surface area (Å²) in [5, 5.41) is 0. The quantitative estimate of drug-likeness (QED) is 0.572. The number of aliphatic imine (C=N–C) groups is 1. The number of ether oxygens (including phenoxy) is 1. The first-order chi connectivity index (χ1) is 11.2. The summed E-state index contributed by atoms with van der Waals surface area (Å²) in [6.07, 6.45) is 2.81. The van der Waals surface area contributed by atoms with Gasteiger partial charge >= 0.3 is 0 Å². The lowest BCUT2D eigenvalue weighted by atomic mass is 9.92. The smallest absolute Gasteiger partial charge is 0.108 e. The van der Waals surface area contributed by atoms with E-state index in [1.54, 1.807) is 0 Å². The van der Waals surface area contributed by atoms with Gasteiger partial charge in [-0.25, -0.2) is 4.99 Å². The third-order valence-corrected chi connectivity index (χ3v) is 4.78. The second-order valence-corrected chi connectivity index (χ2v) is 6.59. The minimum absolute atomic E-state index is 0.00703. The van der Waals surface area contributed by atoms with E-state index in [0.717, 1.165) is 29.7 Å². The summed E-state index contributed by atoms with van der Waals surface area (Å²) in [5.41, 5.74) is 4.72. The topological polar surface area (TPSA) is 24.8 Å². The Balaban J connectivity index is 1.96. The van der Waals surface area contributed by atoms with Gasteiger partial charge in [0, 0.05) is 18.1 Å². The summed E-state index contributed by atoms with van der Waals surface area (Å²) in [6, 6.07) is 14.7. The van der Waals surface area contributed by atoms with E-state index >= 15 is 0 Å². The van der Waals surface area contributed by atoms with Crippen LogP contribution in [-0.4, -0.2) is 31.4 Å². The van der Waals surface area contributed by atoms with E-state index in [-0.39, 0.29) is 6.10 Å². The van der Waals surface area contributed by atoms with Crippen LogP contribution in [0.3, 0.4) is 0 Å². The second kappa shape index (κ2) is 7.28. The Morgan fingerprint density at radius 3 is 2.83 bits per heavy atom. The van der Waals surface area contributed by atoms with E-state index < -0.39 is 0 Å². The lowest BCUT2D eigenvalue weighted by Gasteiger charge is -2.27. The summed E-state index contributed by atoms with van der Waals surface area (Å²) in [5.74, 6) is 0. The molecule has 120 valence electrons. The van der Waals surface area contributed by atoms with Crippen LogP contribution in [0, 0.1) is 0 Å². The molecule has 0 saturated carbocycles. The van der Waals surface area contributed by atoms with Crippen molar-refractivity contribution in [2.75, 3.05) is 20.2 Å². The molecule has 1 atom stereocenters. The number of rotatable bonds is 4. The SMILES string of the molecule is CCN(C)C=Nc1cc2c(cc1Br)C(c1ccccc1)OCC2. The van der Waals surface area contributed by atoms with Gasteiger partial charge in [0.2, 0.25) is 0 Å². The Bertz CT molecular complexity index is 700. The zero-order valence-corrected chi connectivity index (χ0v) is 15.1. The highest BCUT2D eigenvalue weighted by Crippen LogP contribution is 2.38. The van der Waals surface area contributed by atoms with Gasteiger partial charge in [0.15, 0.2) is 0 Å². The number of fused-ring (bicyclic) bond motifs is 1. The van der Waals surface area contributed by atoms with Crippen LogP contribution in [0.4, 0.5) is 5.69 Å². The molecule has 2 aromatic carbocycles. The molecule has 0 radical (unpaired) electrons. The van der Waals surface area contributed by atoms with Gasteiger partial charge in [-0.05, 0) is 58.1 Å². The molecule has 1 heterocycles. The predicted molar refractivity (Wildman–Crippen MR) is 98.5 cm³/mol. The Hall–Kier alpha value is -1.65. The van der Waals surface area contributed by atoms with Crippen LogP contribution < -0.4 is 0 Å². The molecule has 1 unspecified atom stereocenters. The Morgan fingerprint density at radius 2 is 2.09 bits per heavy atom. The Morgan fingerprint density at radius 1 is 1.30 bits per heavy atom. The van der Waals surface area contributed by atoms with Crippen LogP contribution in [0.5, 0.6) is 0 Å². The summed E-state index contributed by atoms with van der Waals surface area (Å²) in [4.78, 5) is 6.65. The van der Waals surface area contributed by atoms with Crippen LogP contribution in [0.25, 0.3) is 0 Å². The molecule has 0 aliphatic carbocycles. The first kappa shape index (κ1) is 16.2. The molecule has 3 rings (SSSR count). The first-order valence-corrected chi connectivity index (χ1v) is 8.71. The molecule has 4 heteroatoms. The molecule has 2 aromatic rings. The number of nitrogens with zero attached hydrogens (tertiary/aromatic N) is 2. The van der Waals surface area contributed by atoms with Crippen LogP contribution in [0.15, 0.2) is 51.9 Å². The van der Waals surface area contributed by atoms with Crippen LogP contribution >= 0.6 is 15.9 Å². The van der Waals surface area contributed by atoms with Crippen molar-refractivity contribution in [1.29, 1.82) is 0 Å². The van der Waals surface area contributed by atoms with E-state index in [9.17, 15) is 0 Å². The average molecular weight is 373 g/mol. The average Bonchev–Trinajstić information content (AvgIpc) is 2.60. The lowest BCUT2D eigenvalue weighted by molar-refractivity contribution is 0.0698. The molecule has 1 aliphatic rings.